The lowest BCUT2D eigenvalue weighted by Crippen LogP contribution is -2.07. The first-order valence-electron chi connectivity index (χ1n) is 5.30. The normalized spacial score (nSPS) is 12.8. The van der Waals surface area contributed by atoms with E-state index >= 15 is 0 Å². The van der Waals surface area contributed by atoms with Crippen molar-refractivity contribution in [2.45, 2.75) is 20.0 Å². The van der Waals surface area contributed by atoms with E-state index in [1.165, 1.54) is 23.5 Å². The zero-order chi connectivity index (χ0) is 13.4. The van der Waals surface area contributed by atoms with Crippen LogP contribution in [0.5, 0.6) is 0 Å². The van der Waals surface area contributed by atoms with Crippen molar-refractivity contribution in [1.29, 1.82) is 0 Å². The first kappa shape index (κ1) is 13.6. The van der Waals surface area contributed by atoms with Crippen LogP contribution in [0.4, 0.5) is 8.78 Å². The van der Waals surface area contributed by atoms with Crippen LogP contribution in [0.25, 0.3) is 0 Å². The van der Waals surface area contributed by atoms with Gasteiger partial charge in [0.25, 0.3) is 0 Å². The Morgan fingerprint density at radius 2 is 1.94 bits per heavy atom. The first-order chi connectivity index (χ1) is 8.41. The minimum atomic E-state index is -1.28. The van der Waals surface area contributed by atoms with Crippen molar-refractivity contribution in [3.63, 3.8) is 0 Å². The Bertz CT molecular complexity index is 595. The van der Waals surface area contributed by atoms with Crippen LogP contribution in [0.15, 0.2) is 22.0 Å². The molecule has 0 aliphatic carbocycles. The fourth-order valence-corrected chi connectivity index (χ4v) is 3.56. The van der Waals surface area contributed by atoms with E-state index in [0.29, 0.717) is 11.1 Å². The van der Waals surface area contributed by atoms with Crippen LogP contribution in [-0.4, -0.2) is 5.11 Å². The highest BCUT2D eigenvalue weighted by molar-refractivity contribution is 9.11. The monoisotopic (exact) mass is 332 g/mol. The standard InChI is InChI=1S/C13H11BrF2OS/c1-6-3-4-9(15)11(12(6)16)13(17)8-5-10(14)18-7(8)2/h3-5,13,17H,1-2H3. The number of hydrogen-bond acceptors (Lipinski definition) is 2. The van der Waals surface area contributed by atoms with Gasteiger partial charge >= 0.3 is 0 Å². The van der Waals surface area contributed by atoms with Crippen LogP contribution in [-0.2, 0) is 0 Å². The molecule has 0 saturated carbocycles. The Kier molecular flexibility index (Phi) is 3.84. The number of halogens is 3. The first-order valence-corrected chi connectivity index (χ1v) is 6.91. The molecule has 0 saturated heterocycles. The fraction of sp³-hybridized carbons (Fsp3) is 0.231. The van der Waals surface area contributed by atoms with Gasteiger partial charge in [-0.1, -0.05) is 6.07 Å². The van der Waals surface area contributed by atoms with Crippen molar-refractivity contribution < 1.29 is 13.9 Å². The zero-order valence-electron chi connectivity index (χ0n) is 9.80. The van der Waals surface area contributed by atoms with Crippen LogP contribution in [0.1, 0.15) is 27.7 Å². The molecule has 0 spiro atoms. The van der Waals surface area contributed by atoms with Gasteiger partial charge < -0.3 is 5.11 Å². The molecule has 1 aromatic heterocycles. The van der Waals surface area contributed by atoms with Crippen LogP contribution in [0.2, 0.25) is 0 Å². The molecule has 0 amide bonds. The van der Waals surface area contributed by atoms with Gasteiger partial charge in [0, 0.05) is 4.88 Å². The van der Waals surface area contributed by atoms with Crippen molar-refractivity contribution in [2.75, 3.05) is 0 Å². The van der Waals surface area contributed by atoms with Gasteiger partial charge in [-0.25, -0.2) is 8.78 Å². The second kappa shape index (κ2) is 5.07. The van der Waals surface area contributed by atoms with Crippen LogP contribution in [0.3, 0.4) is 0 Å². The summed E-state index contributed by atoms with van der Waals surface area (Å²) in [5, 5.41) is 10.2. The molecule has 0 fully saturated rings. The summed E-state index contributed by atoms with van der Waals surface area (Å²) >= 11 is 4.72. The van der Waals surface area contributed by atoms with Gasteiger partial charge in [0.1, 0.15) is 17.7 Å². The number of aliphatic hydroxyl groups excluding tert-OH is 1. The van der Waals surface area contributed by atoms with E-state index in [-0.39, 0.29) is 5.56 Å². The highest BCUT2D eigenvalue weighted by Crippen LogP contribution is 2.35. The average molecular weight is 333 g/mol. The number of aliphatic hydroxyl groups is 1. The third-order valence-corrected chi connectivity index (χ3v) is 4.38. The Morgan fingerprint density at radius 3 is 2.50 bits per heavy atom. The third-order valence-electron chi connectivity index (χ3n) is 2.81. The molecule has 1 N–H and O–H groups in total. The van der Waals surface area contributed by atoms with Gasteiger partial charge in [-0.3, -0.25) is 0 Å². The number of benzene rings is 1. The Labute approximate surface area is 116 Å². The van der Waals surface area contributed by atoms with Crippen LogP contribution >= 0.6 is 27.3 Å². The lowest BCUT2D eigenvalue weighted by Gasteiger charge is -2.14. The van der Waals surface area contributed by atoms with Gasteiger partial charge in [-0.15, -0.1) is 11.3 Å². The van der Waals surface area contributed by atoms with Crippen LogP contribution < -0.4 is 0 Å². The molecule has 96 valence electrons. The van der Waals surface area contributed by atoms with Crippen molar-refractivity contribution >= 4 is 27.3 Å². The molecule has 2 rings (SSSR count). The summed E-state index contributed by atoms with van der Waals surface area (Å²) in [5.41, 5.74) is 0.552. The number of hydrogen-bond donors (Lipinski definition) is 1. The molecule has 5 heteroatoms. The molecule has 0 aliphatic rings. The number of thiophene rings is 1. The molecular formula is C13H11BrF2OS. The van der Waals surface area contributed by atoms with E-state index in [0.717, 1.165) is 8.66 Å². The summed E-state index contributed by atoms with van der Waals surface area (Å²) in [6.07, 6.45) is -1.28. The Balaban J connectivity index is 2.56. The second-order valence-electron chi connectivity index (χ2n) is 4.06. The minimum Gasteiger partial charge on any atom is -0.383 e. The summed E-state index contributed by atoms with van der Waals surface area (Å²) < 4.78 is 28.4. The van der Waals surface area contributed by atoms with Crippen molar-refractivity contribution in [1.82, 2.24) is 0 Å². The summed E-state index contributed by atoms with van der Waals surface area (Å²) in [5.74, 6) is -1.42. The molecule has 2 aromatic rings. The number of aryl methyl sites for hydroxylation is 2. The van der Waals surface area contributed by atoms with E-state index in [1.54, 1.807) is 19.9 Å². The summed E-state index contributed by atoms with van der Waals surface area (Å²) in [7, 11) is 0. The minimum absolute atomic E-state index is 0.289. The van der Waals surface area contributed by atoms with Gasteiger partial charge in [0.15, 0.2) is 0 Å². The Hall–Kier alpha value is -0.780. The topological polar surface area (TPSA) is 20.2 Å². The van der Waals surface area contributed by atoms with E-state index in [1.807, 2.05) is 0 Å². The highest BCUT2D eigenvalue weighted by atomic mass is 79.9. The maximum Gasteiger partial charge on any atom is 0.135 e. The largest absolute Gasteiger partial charge is 0.383 e. The summed E-state index contributed by atoms with van der Waals surface area (Å²) in [6, 6.07) is 4.22. The van der Waals surface area contributed by atoms with E-state index in [2.05, 4.69) is 15.9 Å². The molecule has 0 radical (unpaired) electrons. The zero-order valence-corrected chi connectivity index (χ0v) is 12.2. The maximum absolute atomic E-state index is 13.9. The van der Waals surface area contributed by atoms with Gasteiger partial charge in [-0.2, -0.15) is 0 Å². The molecule has 18 heavy (non-hydrogen) atoms. The van der Waals surface area contributed by atoms with Gasteiger partial charge in [0.05, 0.1) is 9.35 Å². The van der Waals surface area contributed by atoms with Gasteiger partial charge in [-0.05, 0) is 53.0 Å². The summed E-state index contributed by atoms with van der Waals surface area (Å²) in [6.45, 7) is 3.35. The smallest absolute Gasteiger partial charge is 0.135 e. The van der Waals surface area contributed by atoms with Crippen molar-refractivity contribution in [3.8, 4) is 0 Å². The second-order valence-corrected chi connectivity index (χ2v) is 6.69. The summed E-state index contributed by atoms with van der Waals surface area (Å²) in [4.78, 5) is 0.828. The van der Waals surface area contributed by atoms with Gasteiger partial charge in [0.2, 0.25) is 0 Å². The van der Waals surface area contributed by atoms with Crippen LogP contribution in [0, 0.1) is 25.5 Å². The molecule has 0 bridgehead atoms. The SMILES string of the molecule is Cc1ccc(F)c(C(O)c2cc(Br)sc2C)c1F. The molecule has 1 heterocycles. The Morgan fingerprint density at radius 1 is 1.28 bits per heavy atom. The molecule has 1 unspecified atom stereocenters. The lowest BCUT2D eigenvalue weighted by atomic mass is 9.99. The van der Waals surface area contributed by atoms with Crippen molar-refractivity contribution in [3.05, 3.63) is 55.2 Å². The predicted octanol–water partition coefficient (Wildman–Crippen LogP) is 4.49. The molecule has 1 aromatic carbocycles. The van der Waals surface area contributed by atoms with E-state index in [9.17, 15) is 13.9 Å². The fourth-order valence-electron chi connectivity index (χ4n) is 1.81. The molecule has 1 nitrogen and oxygen atoms in total. The third kappa shape index (κ3) is 2.35. The average Bonchev–Trinajstić information content (AvgIpc) is 2.63. The quantitative estimate of drug-likeness (QED) is 0.859. The van der Waals surface area contributed by atoms with E-state index in [4.69, 9.17) is 0 Å². The number of rotatable bonds is 2. The lowest BCUT2D eigenvalue weighted by molar-refractivity contribution is 0.208. The molecular weight excluding hydrogens is 322 g/mol. The predicted molar refractivity (Wildman–Crippen MR) is 71.9 cm³/mol. The highest BCUT2D eigenvalue weighted by Gasteiger charge is 2.23. The van der Waals surface area contributed by atoms with Crippen molar-refractivity contribution in [2.24, 2.45) is 0 Å². The maximum atomic E-state index is 13.9. The molecule has 0 aliphatic heterocycles. The molecule has 1 atom stereocenters. The van der Waals surface area contributed by atoms with E-state index < -0.39 is 17.7 Å².